The van der Waals surface area contributed by atoms with E-state index in [0.717, 1.165) is 32.0 Å². The maximum atomic E-state index is 13.1. The van der Waals surface area contributed by atoms with Crippen LogP contribution in [0, 0.1) is 18.8 Å². The maximum Gasteiger partial charge on any atom is 0.273 e. The van der Waals surface area contributed by atoms with E-state index in [1.807, 2.05) is 11.8 Å². The van der Waals surface area contributed by atoms with Gasteiger partial charge in [0.25, 0.3) is 5.91 Å². The van der Waals surface area contributed by atoms with Crippen LogP contribution in [0.5, 0.6) is 0 Å². The third kappa shape index (κ3) is 3.62. The van der Waals surface area contributed by atoms with E-state index in [1.54, 1.807) is 11.7 Å². The fraction of sp³-hybridized carbons (Fsp3) is 0.778. The molecule has 5 nitrogen and oxygen atoms in total. The summed E-state index contributed by atoms with van der Waals surface area (Å²) in [5, 5.41) is 4.78. The number of halogens is 1. The fourth-order valence-corrected chi connectivity index (χ4v) is 3.99. The number of carbonyl (C=O) groups excluding carboxylic acids is 1. The first-order valence-electron chi connectivity index (χ1n) is 9.11. The van der Waals surface area contributed by atoms with Crippen molar-refractivity contribution in [1.29, 1.82) is 0 Å². The lowest BCUT2D eigenvalue weighted by Crippen LogP contribution is -2.46. The molecule has 134 valence electrons. The summed E-state index contributed by atoms with van der Waals surface area (Å²) in [5.74, 6) is 1.42. The van der Waals surface area contributed by atoms with Crippen LogP contribution in [0.3, 0.4) is 0 Å². The number of aromatic nitrogens is 2. The Bertz CT molecular complexity index is 608. The standard InChI is InChI=1S/C18H29ClN4O/c1-12(2)15-11-23(9-5-8-22(15)10-14-6-7-14)18(24)17-16(19)13(3)20-21(17)4/h12,14-15H,5-11H2,1-4H3/t15-/m1/s1. The minimum Gasteiger partial charge on any atom is -0.336 e. The van der Waals surface area contributed by atoms with Crippen molar-refractivity contribution in [1.82, 2.24) is 19.6 Å². The minimum atomic E-state index is 0.0158. The number of hydrogen-bond donors (Lipinski definition) is 0. The van der Waals surface area contributed by atoms with Gasteiger partial charge in [0.2, 0.25) is 0 Å². The molecule has 1 aliphatic heterocycles. The van der Waals surface area contributed by atoms with Gasteiger partial charge in [-0.3, -0.25) is 14.4 Å². The number of hydrogen-bond acceptors (Lipinski definition) is 3. The summed E-state index contributed by atoms with van der Waals surface area (Å²) in [7, 11) is 1.79. The summed E-state index contributed by atoms with van der Waals surface area (Å²) in [6.07, 6.45) is 3.76. The topological polar surface area (TPSA) is 41.4 Å². The first-order chi connectivity index (χ1) is 11.4. The van der Waals surface area contributed by atoms with Crippen LogP contribution < -0.4 is 0 Å². The zero-order chi connectivity index (χ0) is 17.4. The molecular weight excluding hydrogens is 324 g/mol. The summed E-state index contributed by atoms with van der Waals surface area (Å²) in [6, 6.07) is 0.421. The van der Waals surface area contributed by atoms with E-state index in [1.165, 1.54) is 19.4 Å². The maximum absolute atomic E-state index is 13.1. The van der Waals surface area contributed by atoms with Crippen molar-refractivity contribution < 1.29 is 4.79 Å². The van der Waals surface area contributed by atoms with Crippen molar-refractivity contribution >= 4 is 17.5 Å². The summed E-state index contributed by atoms with van der Waals surface area (Å²) < 4.78 is 1.62. The van der Waals surface area contributed by atoms with Gasteiger partial charge in [0, 0.05) is 39.3 Å². The lowest BCUT2D eigenvalue weighted by atomic mass is 10.0. The van der Waals surface area contributed by atoms with Gasteiger partial charge in [0.15, 0.2) is 0 Å². The van der Waals surface area contributed by atoms with Gasteiger partial charge in [-0.25, -0.2) is 0 Å². The molecule has 0 N–H and O–H groups in total. The SMILES string of the molecule is Cc1nn(C)c(C(=O)N2CCCN(CC3CC3)[C@@H](C(C)C)C2)c1Cl. The molecule has 0 radical (unpaired) electrons. The van der Waals surface area contributed by atoms with Crippen LogP contribution >= 0.6 is 11.6 Å². The van der Waals surface area contributed by atoms with Crippen LogP contribution in [-0.2, 0) is 7.05 Å². The molecule has 6 heteroatoms. The Labute approximate surface area is 149 Å². The Morgan fingerprint density at radius 3 is 2.58 bits per heavy atom. The molecule has 1 saturated carbocycles. The van der Waals surface area contributed by atoms with Gasteiger partial charge in [0.1, 0.15) is 5.69 Å². The third-order valence-electron chi connectivity index (χ3n) is 5.35. The van der Waals surface area contributed by atoms with E-state index in [-0.39, 0.29) is 5.91 Å². The minimum absolute atomic E-state index is 0.0158. The highest BCUT2D eigenvalue weighted by Crippen LogP contribution is 2.32. The van der Waals surface area contributed by atoms with E-state index in [2.05, 4.69) is 23.8 Å². The van der Waals surface area contributed by atoms with Gasteiger partial charge >= 0.3 is 0 Å². The Balaban J connectivity index is 1.79. The average Bonchev–Trinajstić information content (AvgIpc) is 3.30. The fourth-order valence-electron chi connectivity index (χ4n) is 3.75. The highest BCUT2D eigenvalue weighted by Gasteiger charge is 2.34. The highest BCUT2D eigenvalue weighted by molar-refractivity contribution is 6.34. The van der Waals surface area contributed by atoms with Gasteiger partial charge in [-0.2, -0.15) is 5.10 Å². The second-order valence-corrected chi connectivity index (χ2v) is 8.10. The first kappa shape index (κ1) is 17.7. The summed E-state index contributed by atoms with van der Waals surface area (Å²) in [5.41, 5.74) is 1.24. The van der Waals surface area contributed by atoms with Crippen LogP contribution in [0.2, 0.25) is 5.02 Å². The van der Waals surface area contributed by atoms with E-state index in [0.29, 0.717) is 28.4 Å². The van der Waals surface area contributed by atoms with Gasteiger partial charge < -0.3 is 4.90 Å². The predicted molar refractivity (Wildman–Crippen MR) is 96.4 cm³/mol. The van der Waals surface area contributed by atoms with Crippen LogP contribution in [0.25, 0.3) is 0 Å². The van der Waals surface area contributed by atoms with Gasteiger partial charge in [-0.15, -0.1) is 0 Å². The van der Waals surface area contributed by atoms with E-state index < -0.39 is 0 Å². The van der Waals surface area contributed by atoms with E-state index >= 15 is 0 Å². The number of carbonyl (C=O) groups is 1. The molecule has 0 aromatic carbocycles. The van der Waals surface area contributed by atoms with Gasteiger partial charge in [0.05, 0.1) is 10.7 Å². The molecule has 0 bridgehead atoms. The highest BCUT2D eigenvalue weighted by atomic mass is 35.5. The van der Waals surface area contributed by atoms with Crippen molar-refractivity contribution in [3.05, 3.63) is 16.4 Å². The molecule has 24 heavy (non-hydrogen) atoms. The predicted octanol–water partition coefficient (Wildman–Crippen LogP) is 2.96. The molecule has 1 aromatic heterocycles. The number of rotatable bonds is 4. The summed E-state index contributed by atoms with van der Waals surface area (Å²) in [6.45, 7) is 10.2. The monoisotopic (exact) mass is 352 g/mol. The molecular formula is C18H29ClN4O. The zero-order valence-electron chi connectivity index (χ0n) is 15.3. The normalized spacial score (nSPS) is 22.9. The molecule has 1 saturated heterocycles. The lowest BCUT2D eigenvalue weighted by Gasteiger charge is -2.34. The van der Waals surface area contributed by atoms with Crippen LogP contribution in [0.1, 0.15) is 49.3 Å². The molecule has 2 fully saturated rings. The molecule has 3 rings (SSSR count). The number of aryl methyl sites for hydroxylation is 2. The average molecular weight is 353 g/mol. The molecule has 1 amide bonds. The first-order valence-corrected chi connectivity index (χ1v) is 9.48. The molecule has 1 aromatic rings. The van der Waals surface area contributed by atoms with Crippen molar-refractivity contribution in [2.24, 2.45) is 18.9 Å². The second-order valence-electron chi connectivity index (χ2n) is 7.73. The Kier molecular flexibility index (Phi) is 5.21. The molecule has 2 aliphatic rings. The van der Waals surface area contributed by atoms with Gasteiger partial charge in [-0.1, -0.05) is 25.4 Å². The number of nitrogens with zero attached hydrogens (tertiary/aromatic N) is 4. The van der Waals surface area contributed by atoms with Crippen molar-refractivity contribution in [2.45, 2.75) is 46.1 Å². The summed E-state index contributed by atoms with van der Waals surface area (Å²) in [4.78, 5) is 17.7. The Hall–Kier alpha value is -1.07. The lowest BCUT2D eigenvalue weighted by molar-refractivity contribution is 0.0694. The molecule has 1 atom stereocenters. The van der Waals surface area contributed by atoms with Gasteiger partial charge in [-0.05, 0) is 38.0 Å². The van der Waals surface area contributed by atoms with Crippen LogP contribution in [-0.4, -0.2) is 57.7 Å². The smallest absolute Gasteiger partial charge is 0.273 e. The Morgan fingerprint density at radius 1 is 1.33 bits per heavy atom. The van der Waals surface area contributed by atoms with E-state index in [4.69, 9.17) is 11.6 Å². The van der Waals surface area contributed by atoms with E-state index in [9.17, 15) is 4.79 Å². The molecule has 2 heterocycles. The molecule has 0 unspecified atom stereocenters. The number of amides is 1. The zero-order valence-corrected chi connectivity index (χ0v) is 16.0. The largest absolute Gasteiger partial charge is 0.336 e. The van der Waals surface area contributed by atoms with Crippen molar-refractivity contribution in [2.75, 3.05) is 26.2 Å². The molecule has 1 aliphatic carbocycles. The second kappa shape index (κ2) is 7.04. The van der Waals surface area contributed by atoms with Crippen molar-refractivity contribution in [3.63, 3.8) is 0 Å². The van der Waals surface area contributed by atoms with Crippen molar-refractivity contribution in [3.8, 4) is 0 Å². The Morgan fingerprint density at radius 2 is 2.04 bits per heavy atom. The van der Waals surface area contributed by atoms with Crippen LogP contribution in [0.15, 0.2) is 0 Å². The quantitative estimate of drug-likeness (QED) is 0.836. The third-order valence-corrected chi connectivity index (χ3v) is 5.80. The molecule has 0 spiro atoms. The summed E-state index contributed by atoms with van der Waals surface area (Å²) >= 11 is 6.33. The van der Waals surface area contributed by atoms with Crippen LogP contribution in [0.4, 0.5) is 0 Å².